The van der Waals surface area contributed by atoms with Crippen LogP contribution in [0.4, 0.5) is 5.69 Å². The molecule has 1 aromatic rings. The molecule has 0 unspecified atom stereocenters. The van der Waals surface area contributed by atoms with Crippen molar-refractivity contribution in [2.45, 2.75) is 6.42 Å². The molecule has 8 heteroatoms. The normalized spacial score (nSPS) is 36.5. The molecule has 6 rings (SSSR count). The molecule has 2 saturated carbocycles. The molecule has 5 aliphatic rings. The Morgan fingerprint density at radius 2 is 1.77 bits per heavy atom. The predicted molar refractivity (Wildman–Crippen MR) is 88.9 cm³/mol. The smallest absolute Gasteiger partial charge is 0.270 e. The van der Waals surface area contributed by atoms with Crippen LogP contribution in [0.25, 0.3) is 0 Å². The average molecular weight is 353 g/mol. The summed E-state index contributed by atoms with van der Waals surface area (Å²) in [5.74, 6) is -0.305. The summed E-state index contributed by atoms with van der Waals surface area (Å²) in [6, 6.07) is 3.50. The SMILES string of the molecule is O=C1[C@@H]2[C@H]3C=C[C@@H]([C@@H]4C[C@@H]34)[C@H]2C(=O)N1/N=C\c1cc([N+](=O)[O-])ccc1O. The van der Waals surface area contributed by atoms with Crippen molar-refractivity contribution in [2.75, 3.05) is 0 Å². The number of rotatable bonds is 3. The standard InChI is InChI=1S/C18H15N3O5/c22-14-4-1-9(21(25)26)5-8(14)7-19-20-17(23)15-10-2-3-11(13-6-12(10)13)16(15)18(20)24/h1-5,7,10-13,15-16,22H,6H2/b19-7-/t10-,11-,12-,13-,15+,16+/m0/s1. The van der Waals surface area contributed by atoms with E-state index in [-0.39, 0.29) is 52.5 Å². The fourth-order valence-corrected chi connectivity index (χ4v) is 4.93. The highest BCUT2D eigenvalue weighted by Gasteiger charge is 2.67. The van der Waals surface area contributed by atoms with Gasteiger partial charge >= 0.3 is 0 Å². The van der Waals surface area contributed by atoms with Crippen LogP contribution in [-0.4, -0.2) is 33.1 Å². The summed E-state index contributed by atoms with van der Waals surface area (Å²) in [5.41, 5.74) is -0.127. The second-order valence-electron chi connectivity index (χ2n) is 7.39. The first-order valence-electron chi connectivity index (χ1n) is 8.55. The number of carbonyl (C=O) groups is 2. The molecule has 0 aromatic heterocycles. The van der Waals surface area contributed by atoms with Crippen LogP contribution >= 0.6 is 0 Å². The first kappa shape index (κ1) is 15.2. The summed E-state index contributed by atoms with van der Waals surface area (Å²) in [7, 11) is 0. The molecule has 132 valence electrons. The Morgan fingerprint density at radius 3 is 2.35 bits per heavy atom. The van der Waals surface area contributed by atoms with E-state index < -0.39 is 4.92 Å². The Bertz CT molecular complexity index is 887. The van der Waals surface area contributed by atoms with Crippen molar-refractivity contribution in [2.24, 2.45) is 40.6 Å². The lowest BCUT2D eigenvalue weighted by atomic mass is 9.63. The lowest BCUT2D eigenvalue weighted by molar-refractivity contribution is -0.384. The maximum atomic E-state index is 12.8. The number of nitro groups is 1. The number of hydrogen-bond acceptors (Lipinski definition) is 6. The van der Waals surface area contributed by atoms with Crippen LogP contribution in [0.15, 0.2) is 35.5 Å². The summed E-state index contributed by atoms with van der Waals surface area (Å²) in [6.45, 7) is 0. The minimum atomic E-state index is -0.590. The lowest BCUT2D eigenvalue weighted by Crippen LogP contribution is -2.40. The van der Waals surface area contributed by atoms with E-state index in [0.29, 0.717) is 11.8 Å². The van der Waals surface area contributed by atoms with Gasteiger partial charge in [-0.05, 0) is 36.2 Å². The van der Waals surface area contributed by atoms with Crippen molar-refractivity contribution >= 4 is 23.7 Å². The van der Waals surface area contributed by atoms with Gasteiger partial charge in [-0.3, -0.25) is 19.7 Å². The molecule has 3 fully saturated rings. The number of hydrazone groups is 1. The van der Waals surface area contributed by atoms with Crippen molar-refractivity contribution in [1.82, 2.24) is 5.01 Å². The number of phenolic OH excluding ortho intramolecular Hbond substituents is 1. The monoisotopic (exact) mass is 353 g/mol. The van der Waals surface area contributed by atoms with E-state index in [2.05, 4.69) is 17.3 Å². The van der Waals surface area contributed by atoms with Gasteiger partial charge in [0.25, 0.3) is 17.5 Å². The molecule has 0 radical (unpaired) electrons. The number of amides is 2. The number of phenols is 1. The third-order valence-electron chi connectivity index (χ3n) is 6.17. The van der Waals surface area contributed by atoms with E-state index in [1.165, 1.54) is 12.1 Å². The predicted octanol–water partition coefficient (Wildman–Crippen LogP) is 1.69. The first-order valence-corrected chi connectivity index (χ1v) is 8.55. The van der Waals surface area contributed by atoms with Gasteiger partial charge in [-0.2, -0.15) is 10.1 Å². The highest BCUT2D eigenvalue weighted by Crippen LogP contribution is 2.65. The molecule has 1 saturated heterocycles. The zero-order chi connectivity index (χ0) is 18.2. The number of nitro benzene ring substituents is 1. The topological polar surface area (TPSA) is 113 Å². The fourth-order valence-electron chi connectivity index (χ4n) is 4.93. The summed E-state index contributed by atoms with van der Waals surface area (Å²) < 4.78 is 0. The third kappa shape index (κ3) is 1.92. The number of carbonyl (C=O) groups excluding carboxylic acids is 2. The molecule has 1 N–H and O–H groups in total. The number of nitrogens with zero attached hydrogens (tertiary/aromatic N) is 3. The molecular formula is C18H15N3O5. The summed E-state index contributed by atoms with van der Waals surface area (Å²) >= 11 is 0. The van der Waals surface area contributed by atoms with Gasteiger partial charge in [-0.15, -0.1) is 0 Å². The van der Waals surface area contributed by atoms with E-state index in [0.717, 1.165) is 23.7 Å². The van der Waals surface area contributed by atoms with Crippen molar-refractivity contribution in [3.63, 3.8) is 0 Å². The molecule has 1 aliphatic heterocycles. The van der Waals surface area contributed by atoms with Crippen LogP contribution in [0.5, 0.6) is 5.75 Å². The molecule has 26 heavy (non-hydrogen) atoms. The Morgan fingerprint density at radius 1 is 1.15 bits per heavy atom. The van der Waals surface area contributed by atoms with Gasteiger partial charge in [0, 0.05) is 17.7 Å². The van der Waals surface area contributed by atoms with Crippen LogP contribution in [0.1, 0.15) is 12.0 Å². The second kappa shape index (κ2) is 5.00. The van der Waals surface area contributed by atoms with E-state index >= 15 is 0 Å². The van der Waals surface area contributed by atoms with Gasteiger partial charge < -0.3 is 5.11 Å². The van der Waals surface area contributed by atoms with E-state index in [1.54, 1.807) is 0 Å². The molecule has 2 amide bonds. The Balaban J connectivity index is 1.45. The number of aromatic hydroxyl groups is 1. The Hall–Kier alpha value is -3.03. The van der Waals surface area contributed by atoms with Gasteiger partial charge in [0.05, 0.1) is 23.0 Å². The number of allylic oxidation sites excluding steroid dienone is 2. The van der Waals surface area contributed by atoms with E-state index in [4.69, 9.17) is 0 Å². The van der Waals surface area contributed by atoms with Gasteiger partial charge in [0.15, 0.2) is 0 Å². The fraction of sp³-hybridized carbons (Fsp3) is 0.389. The zero-order valence-electron chi connectivity index (χ0n) is 13.6. The molecule has 2 bridgehead atoms. The minimum absolute atomic E-state index is 0.0821. The van der Waals surface area contributed by atoms with E-state index in [1.807, 2.05) is 0 Å². The van der Waals surface area contributed by atoms with Gasteiger partial charge in [-0.25, -0.2) is 0 Å². The first-order chi connectivity index (χ1) is 12.5. The van der Waals surface area contributed by atoms with Crippen molar-refractivity contribution < 1.29 is 19.6 Å². The van der Waals surface area contributed by atoms with Crippen molar-refractivity contribution in [1.29, 1.82) is 0 Å². The summed E-state index contributed by atoms with van der Waals surface area (Å²) in [4.78, 5) is 35.8. The van der Waals surface area contributed by atoms with Crippen molar-refractivity contribution in [3.05, 3.63) is 46.0 Å². The number of imide groups is 1. The number of benzene rings is 1. The van der Waals surface area contributed by atoms with Crippen LogP contribution in [0.3, 0.4) is 0 Å². The molecule has 6 atom stereocenters. The molecule has 1 heterocycles. The van der Waals surface area contributed by atoms with Gasteiger partial charge in [0.1, 0.15) is 5.75 Å². The van der Waals surface area contributed by atoms with Gasteiger partial charge in [-0.1, -0.05) is 12.2 Å². The summed E-state index contributed by atoms with van der Waals surface area (Å²) in [6.07, 6.45) is 6.36. The van der Waals surface area contributed by atoms with Crippen LogP contribution in [0.2, 0.25) is 0 Å². The number of non-ortho nitro benzene ring substituents is 1. The second-order valence-corrected chi connectivity index (χ2v) is 7.39. The van der Waals surface area contributed by atoms with E-state index in [9.17, 15) is 24.8 Å². The summed E-state index contributed by atoms with van der Waals surface area (Å²) in [5, 5.41) is 25.6. The van der Waals surface area contributed by atoms with Crippen molar-refractivity contribution in [3.8, 4) is 5.75 Å². The quantitative estimate of drug-likeness (QED) is 0.292. The highest BCUT2D eigenvalue weighted by atomic mass is 16.6. The highest BCUT2D eigenvalue weighted by molar-refractivity contribution is 6.06. The molecule has 8 nitrogen and oxygen atoms in total. The third-order valence-corrected chi connectivity index (χ3v) is 6.17. The maximum absolute atomic E-state index is 12.8. The molecule has 4 aliphatic carbocycles. The minimum Gasteiger partial charge on any atom is -0.507 e. The molecule has 0 spiro atoms. The Labute approximate surface area is 147 Å². The largest absolute Gasteiger partial charge is 0.507 e. The van der Waals surface area contributed by atoms with Crippen LogP contribution in [0, 0.1) is 45.6 Å². The zero-order valence-corrected chi connectivity index (χ0v) is 13.6. The maximum Gasteiger partial charge on any atom is 0.270 e. The molecule has 1 aromatic carbocycles. The molecular weight excluding hydrogens is 338 g/mol. The average Bonchev–Trinajstić information content (AvgIpc) is 3.40. The van der Waals surface area contributed by atoms with Crippen LogP contribution in [-0.2, 0) is 9.59 Å². The Kier molecular flexibility index (Phi) is 2.93. The van der Waals surface area contributed by atoms with Gasteiger partial charge in [0.2, 0.25) is 0 Å². The lowest BCUT2D eigenvalue weighted by Gasteiger charge is -2.37. The van der Waals surface area contributed by atoms with Crippen LogP contribution < -0.4 is 0 Å². The number of hydrogen-bond donors (Lipinski definition) is 1.